The van der Waals surface area contributed by atoms with Crippen LogP contribution in [0.1, 0.15) is 23.5 Å². The number of aromatic hydroxyl groups is 1. The van der Waals surface area contributed by atoms with Crippen LogP contribution in [0.4, 0.5) is 0 Å². The van der Waals surface area contributed by atoms with E-state index in [0.29, 0.717) is 17.7 Å². The largest absolute Gasteiger partial charge is 0.508 e. The average molecular weight is 163 g/mol. The van der Waals surface area contributed by atoms with Gasteiger partial charge in [-0.25, -0.2) is 0 Å². The Kier molecular flexibility index (Phi) is 1.58. The molecular formula is C10H13NO. The minimum absolute atomic E-state index is 0.312. The molecule has 1 saturated carbocycles. The smallest absolute Gasteiger partial charge is 0.118 e. The summed E-state index contributed by atoms with van der Waals surface area (Å²) in [6.07, 6.45) is 1.06. The van der Waals surface area contributed by atoms with Gasteiger partial charge in [-0.3, -0.25) is 0 Å². The third-order valence-corrected chi connectivity index (χ3v) is 2.50. The number of rotatable bonds is 1. The fourth-order valence-electron chi connectivity index (χ4n) is 1.45. The molecule has 0 unspecified atom stereocenters. The van der Waals surface area contributed by atoms with Crippen LogP contribution in [0.5, 0.6) is 5.75 Å². The van der Waals surface area contributed by atoms with Gasteiger partial charge in [-0.15, -0.1) is 0 Å². The van der Waals surface area contributed by atoms with Crippen LogP contribution in [0.3, 0.4) is 0 Å². The van der Waals surface area contributed by atoms with Crippen LogP contribution in [-0.4, -0.2) is 11.1 Å². The molecule has 1 aromatic carbocycles. The predicted octanol–water partition coefficient (Wildman–Crippen LogP) is 1.52. The minimum atomic E-state index is 0.312. The van der Waals surface area contributed by atoms with Gasteiger partial charge >= 0.3 is 0 Å². The quantitative estimate of drug-likeness (QED) is 0.659. The first-order valence-electron chi connectivity index (χ1n) is 4.23. The van der Waals surface area contributed by atoms with E-state index in [1.165, 1.54) is 5.56 Å². The first kappa shape index (κ1) is 7.62. The highest BCUT2D eigenvalue weighted by Gasteiger charge is 2.34. The van der Waals surface area contributed by atoms with Crippen LogP contribution in [0.2, 0.25) is 0 Å². The van der Waals surface area contributed by atoms with E-state index in [1.807, 2.05) is 25.1 Å². The molecule has 2 rings (SSSR count). The molecule has 1 aliphatic carbocycles. The summed E-state index contributed by atoms with van der Waals surface area (Å²) < 4.78 is 0. The fraction of sp³-hybridized carbons (Fsp3) is 0.400. The molecule has 64 valence electrons. The maximum absolute atomic E-state index is 9.42. The zero-order chi connectivity index (χ0) is 8.72. The lowest BCUT2D eigenvalue weighted by Crippen LogP contribution is -2.00. The standard InChI is InChI=1S/C10H13NO/c1-6-2-3-7(4-10(6)12)8-5-9(8)11/h2-4,8-9,12H,5,11H2,1H3/t8-,9+/m0/s1. The summed E-state index contributed by atoms with van der Waals surface area (Å²) in [5.41, 5.74) is 7.80. The van der Waals surface area contributed by atoms with Crippen molar-refractivity contribution in [1.82, 2.24) is 0 Å². The van der Waals surface area contributed by atoms with Crippen molar-refractivity contribution >= 4 is 0 Å². The van der Waals surface area contributed by atoms with Gasteiger partial charge in [0.2, 0.25) is 0 Å². The third-order valence-electron chi connectivity index (χ3n) is 2.50. The second kappa shape index (κ2) is 2.49. The van der Waals surface area contributed by atoms with E-state index in [9.17, 15) is 5.11 Å². The summed E-state index contributed by atoms with van der Waals surface area (Å²) in [5.74, 6) is 0.864. The topological polar surface area (TPSA) is 46.2 Å². The van der Waals surface area contributed by atoms with Crippen LogP contribution in [0.25, 0.3) is 0 Å². The number of aryl methyl sites for hydroxylation is 1. The zero-order valence-electron chi connectivity index (χ0n) is 7.12. The Morgan fingerprint density at radius 3 is 2.67 bits per heavy atom. The minimum Gasteiger partial charge on any atom is -0.508 e. The van der Waals surface area contributed by atoms with Crippen molar-refractivity contribution in [3.05, 3.63) is 29.3 Å². The van der Waals surface area contributed by atoms with Crippen molar-refractivity contribution in [3.8, 4) is 5.75 Å². The zero-order valence-corrected chi connectivity index (χ0v) is 7.12. The second-order valence-corrected chi connectivity index (χ2v) is 3.55. The molecule has 12 heavy (non-hydrogen) atoms. The van der Waals surface area contributed by atoms with Crippen LogP contribution in [-0.2, 0) is 0 Å². The van der Waals surface area contributed by atoms with Gasteiger partial charge in [-0.2, -0.15) is 0 Å². The fourth-order valence-corrected chi connectivity index (χ4v) is 1.45. The Bertz CT molecular complexity index is 309. The number of hydrogen-bond donors (Lipinski definition) is 2. The molecule has 2 heteroatoms. The van der Waals surface area contributed by atoms with Gasteiger partial charge in [-0.05, 0) is 30.5 Å². The molecule has 1 aliphatic rings. The highest BCUT2D eigenvalue weighted by Crippen LogP contribution is 2.40. The van der Waals surface area contributed by atoms with Crippen LogP contribution >= 0.6 is 0 Å². The van der Waals surface area contributed by atoms with E-state index < -0.39 is 0 Å². The molecular weight excluding hydrogens is 150 g/mol. The molecule has 2 nitrogen and oxygen atoms in total. The molecule has 2 atom stereocenters. The van der Waals surface area contributed by atoms with Crippen molar-refractivity contribution in [2.75, 3.05) is 0 Å². The van der Waals surface area contributed by atoms with Gasteiger partial charge in [0.1, 0.15) is 5.75 Å². The maximum Gasteiger partial charge on any atom is 0.118 e. The van der Waals surface area contributed by atoms with E-state index in [1.54, 1.807) is 0 Å². The van der Waals surface area contributed by atoms with Crippen LogP contribution in [0.15, 0.2) is 18.2 Å². The molecule has 0 amide bonds. The Morgan fingerprint density at radius 1 is 1.50 bits per heavy atom. The molecule has 0 bridgehead atoms. The normalized spacial score (nSPS) is 27.2. The molecule has 0 aliphatic heterocycles. The average Bonchev–Trinajstić information content (AvgIpc) is 2.73. The van der Waals surface area contributed by atoms with Crippen molar-refractivity contribution in [3.63, 3.8) is 0 Å². The summed E-state index contributed by atoms with van der Waals surface area (Å²) in [6.45, 7) is 1.89. The van der Waals surface area contributed by atoms with E-state index in [-0.39, 0.29) is 0 Å². The van der Waals surface area contributed by atoms with E-state index in [0.717, 1.165) is 12.0 Å². The molecule has 1 fully saturated rings. The lowest BCUT2D eigenvalue weighted by Gasteiger charge is -2.02. The van der Waals surface area contributed by atoms with E-state index in [2.05, 4.69) is 0 Å². The Balaban J connectivity index is 2.29. The number of phenolic OH excluding ortho intramolecular Hbond substituents is 1. The van der Waals surface area contributed by atoms with E-state index in [4.69, 9.17) is 5.73 Å². The highest BCUT2D eigenvalue weighted by atomic mass is 16.3. The molecule has 3 N–H and O–H groups in total. The summed E-state index contributed by atoms with van der Waals surface area (Å²) in [6, 6.07) is 6.13. The van der Waals surface area contributed by atoms with Crippen molar-refractivity contribution in [1.29, 1.82) is 0 Å². The highest BCUT2D eigenvalue weighted by molar-refractivity contribution is 5.39. The van der Waals surface area contributed by atoms with Gasteiger partial charge in [0.25, 0.3) is 0 Å². The number of phenols is 1. The monoisotopic (exact) mass is 163 g/mol. The summed E-state index contributed by atoms with van der Waals surface area (Å²) in [5, 5.41) is 9.42. The SMILES string of the molecule is Cc1ccc([C@@H]2C[C@H]2N)cc1O. The van der Waals surface area contributed by atoms with Crippen molar-refractivity contribution in [2.24, 2.45) is 5.73 Å². The number of hydrogen-bond acceptors (Lipinski definition) is 2. The summed E-state index contributed by atoms with van der Waals surface area (Å²) >= 11 is 0. The van der Waals surface area contributed by atoms with Crippen LogP contribution < -0.4 is 5.73 Å². The predicted molar refractivity (Wildman–Crippen MR) is 48.2 cm³/mol. The van der Waals surface area contributed by atoms with Gasteiger partial charge in [-0.1, -0.05) is 12.1 Å². The molecule has 0 spiro atoms. The van der Waals surface area contributed by atoms with Gasteiger partial charge in [0, 0.05) is 12.0 Å². The maximum atomic E-state index is 9.42. The number of benzene rings is 1. The Morgan fingerprint density at radius 2 is 2.17 bits per heavy atom. The van der Waals surface area contributed by atoms with Crippen LogP contribution in [0, 0.1) is 6.92 Å². The summed E-state index contributed by atoms with van der Waals surface area (Å²) in [4.78, 5) is 0. The molecule has 0 heterocycles. The van der Waals surface area contributed by atoms with Gasteiger partial charge in [0.05, 0.1) is 0 Å². The van der Waals surface area contributed by atoms with Gasteiger partial charge in [0.15, 0.2) is 0 Å². The lowest BCUT2D eigenvalue weighted by molar-refractivity contribution is 0.470. The summed E-state index contributed by atoms with van der Waals surface area (Å²) in [7, 11) is 0. The second-order valence-electron chi connectivity index (χ2n) is 3.55. The van der Waals surface area contributed by atoms with Crippen molar-refractivity contribution in [2.45, 2.75) is 25.3 Å². The molecule has 1 aromatic rings. The Hall–Kier alpha value is -1.02. The number of nitrogens with two attached hydrogens (primary N) is 1. The Labute approximate surface area is 72.0 Å². The van der Waals surface area contributed by atoms with Gasteiger partial charge < -0.3 is 10.8 Å². The molecule has 0 saturated heterocycles. The third kappa shape index (κ3) is 1.18. The lowest BCUT2D eigenvalue weighted by atomic mass is 10.1. The van der Waals surface area contributed by atoms with Crippen molar-refractivity contribution < 1.29 is 5.11 Å². The van der Waals surface area contributed by atoms with E-state index >= 15 is 0 Å². The first-order valence-corrected chi connectivity index (χ1v) is 4.23. The first-order chi connectivity index (χ1) is 5.68. The molecule has 0 radical (unpaired) electrons. The molecule has 0 aromatic heterocycles.